The molecule has 2 aliphatic rings. The first-order valence-corrected chi connectivity index (χ1v) is 5.36. The lowest BCUT2D eigenvalue weighted by molar-refractivity contribution is -0.149. The van der Waals surface area contributed by atoms with Crippen molar-refractivity contribution in [1.29, 1.82) is 0 Å². The van der Waals surface area contributed by atoms with E-state index in [0.29, 0.717) is 26.1 Å². The Morgan fingerprint density at radius 1 is 1.19 bits per heavy atom. The Bertz CT molecular complexity index is 307. The summed E-state index contributed by atoms with van der Waals surface area (Å²) >= 11 is 0. The van der Waals surface area contributed by atoms with Gasteiger partial charge in [-0.05, 0) is 12.8 Å². The molecule has 0 unspecified atom stereocenters. The molecule has 0 bridgehead atoms. The zero-order chi connectivity index (χ0) is 11.5. The number of hydrogen-bond donors (Lipinski definition) is 1. The van der Waals surface area contributed by atoms with Gasteiger partial charge in [0.15, 0.2) is 0 Å². The first-order valence-electron chi connectivity index (χ1n) is 5.36. The number of imide groups is 1. The monoisotopic (exact) mass is 226 g/mol. The summed E-state index contributed by atoms with van der Waals surface area (Å²) in [4.78, 5) is 35.6. The summed E-state index contributed by atoms with van der Waals surface area (Å²) in [5, 5.41) is 2.17. The molecule has 0 aromatic rings. The second kappa shape index (κ2) is 4.61. The Morgan fingerprint density at radius 2 is 1.75 bits per heavy atom. The molecule has 6 nitrogen and oxygen atoms in total. The molecule has 2 heterocycles. The zero-order valence-electron chi connectivity index (χ0n) is 8.90. The summed E-state index contributed by atoms with van der Waals surface area (Å²) in [6.45, 7) is 1.12. The number of carbonyl (C=O) groups excluding carboxylic acids is 3. The summed E-state index contributed by atoms with van der Waals surface area (Å²) < 4.78 is 5.16. The van der Waals surface area contributed by atoms with Crippen molar-refractivity contribution < 1.29 is 19.1 Å². The molecule has 0 spiro atoms. The molecule has 88 valence electrons. The van der Waals surface area contributed by atoms with E-state index in [-0.39, 0.29) is 24.9 Å². The van der Waals surface area contributed by atoms with Crippen molar-refractivity contribution in [2.24, 2.45) is 5.92 Å². The standard InChI is InChI=1S/C10H14N2O4/c13-8-5-12(6-9(14)11-8)10(15)7-1-3-16-4-2-7/h7H,1-6H2,(H,11,13,14). The van der Waals surface area contributed by atoms with Crippen LogP contribution >= 0.6 is 0 Å². The summed E-state index contributed by atoms with van der Waals surface area (Å²) in [5.74, 6) is -1.02. The Labute approximate surface area is 92.9 Å². The highest BCUT2D eigenvalue weighted by atomic mass is 16.5. The third-order valence-corrected chi connectivity index (χ3v) is 2.83. The van der Waals surface area contributed by atoms with E-state index in [0.717, 1.165) is 0 Å². The molecule has 1 N–H and O–H groups in total. The van der Waals surface area contributed by atoms with E-state index in [1.807, 2.05) is 0 Å². The number of rotatable bonds is 1. The molecule has 0 atom stereocenters. The van der Waals surface area contributed by atoms with Gasteiger partial charge in [0, 0.05) is 19.1 Å². The molecule has 0 aliphatic carbocycles. The minimum absolute atomic E-state index is 0.0120. The number of amides is 3. The van der Waals surface area contributed by atoms with E-state index in [4.69, 9.17) is 4.74 Å². The summed E-state index contributed by atoms with van der Waals surface area (Å²) in [6.07, 6.45) is 1.34. The van der Waals surface area contributed by atoms with E-state index in [9.17, 15) is 14.4 Å². The predicted octanol–water partition coefficient (Wildman–Crippen LogP) is -1.10. The van der Waals surface area contributed by atoms with Crippen LogP contribution in [0.4, 0.5) is 0 Å². The molecule has 2 fully saturated rings. The normalized spacial score (nSPS) is 23.1. The van der Waals surface area contributed by atoms with Crippen LogP contribution in [0.25, 0.3) is 0 Å². The minimum Gasteiger partial charge on any atom is -0.381 e. The number of hydrogen-bond acceptors (Lipinski definition) is 4. The fourth-order valence-corrected chi connectivity index (χ4v) is 2.00. The van der Waals surface area contributed by atoms with Gasteiger partial charge in [-0.25, -0.2) is 0 Å². The second-order valence-corrected chi connectivity index (χ2v) is 4.05. The van der Waals surface area contributed by atoms with E-state index < -0.39 is 11.8 Å². The summed E-state index contributed by atoms with van der Waals surface area (Å²) in [5.41, 5.74) is 0. The van der Waals surface area contributed by atoms with Gasteiger partial charge < -0.3 is 9.64 Å². The predicted molar refractivity (Wildman–Crippen MR) is 53.3 cm³/mol. The van der Waals surface area contributed by atoms with E-state index in [1.165, 1.54) is 4.90 Å². The van der Waals surface area contributed by atoms with Gasteiger partial charge in [0.05, 0.1) is 0 Å². The molecule has 0 aromatic heterocycles. The zero-order valence-corrected chi connectivity index (χ0v) is 8.90. The van der Waals surface area contributed by atoms with Crippen LogP contribution in [0.15, 0.2) is 0 Å². The Kier molecular flexibility index (Phi) is 3.19. The van der Waals surface area contributed by atoms with Gasteiger partial charge in [-0.1, -0.05) is 0 Å². The van der Waals surface area contributed by atoms with Crippen molar-refractivity contribution in [3.05, 3.63) is 0 Å². The van der Waals surface area contributed by atoms with Crippen molar-refractivity contribution >= 4 is 17.7 Å². The third kappa shape index (κ3) is 2.38. The van der Waals surface area contributed by atoms with Gasteiger partial charge in [-0.15, -0.1) is 0 Å². The van der Waals surface area contributed by atoms with Crippen molar-refractivity contribution in [2.45, 2.75) is 12.8 Å². The van der Waals surface area contributed by atoms with Gasteiger partial charge in [0.25, 0.3) is 0 Å². The lowest BCUT2D eigenvalue weighted by atomic mass is 9.98. The largest absolute Gasteiger partial charge is 0.381 e. The molecule has 3 amide bonds. The maximum Gasteiger partial charge on any atom is 0.246 e. The van der Waals surface area contributed by atoms with Crippen molar-refractivity contribution in [3.63, 3.8) is 0 Å². The Balaban J connectivity index is 1.97. The molecule has 2 aliphatic heterocycles. The number of piperazine rings is 1. The molecule has 0 saturated carbocycles. The quantitative estimate of drug-likeness (QED) is 0.576. The molecular weight excluding hydrogens is 212 g/mol. The van der Waals surface area contributed by atoms with Crippen LogP contribution in [0.3, 0.4) is 0 Å². The van der Waals surface area contributed by atoms with Crippen LogP contribution in [-0.2, 0) is 19.1 Å². The minimum atomic E-state index is -0.406. The summed E-state index contributed by atoms with van der Waals surface area (Å²) in [7, 11) is 0. The van der Waals surface area contributed by atoms with Crippen LogP contribution in [-0.4, -0.2) is 48.9 Å². The average molecular weight is 226 g/mol. The van der Waals surface area contributed by atoms with Crippen molar-refractivity contribution in [2.75, 3.05) is 26.3 Å². The van der Waals surface area contributed by atoms with Crippen LogP contribution in [0.1, 0.15) is 12.8 Å². The Hall–Kier alpha value is -1.43. The molecule has 6 heteroatoms. The summed E-state index contributed by atoms with van der Waals surface area (Å²) in [6, 6.07) is 0. The van der Waals surface area contributed by atoms with Gasteiger partial charge in [0.2, 0.25) is 17.7 Å². The first kappa shape index (κ1) is 11.1. The SMILES string of the molecule is O=C1CN(C(=O)C2CCOCC2)CC(=O)N1. The lowest BCUT2D eigenvalue weighted by Crippen LogP contribution is -2.55. The highest BCUT2D eigenvalue weighted by Gasteiger charge is 2.31. The Morgan fingerprint density at radius 3 is 2.31 bits per heavy atom. The van der Waals surface area contributed by atoms with Crippen LogP contribution in [0.2, 0.25) is 0 Å². The number of nitrogens with one attached hydrogen (secondary N) is 1. The van der Waals surface area contributed by atoms with Crippen LogP contribution < -0.4 is 5.32 Å². The van der Waals surface area contributed by atoms with Crippen molar-refractivity contribution in [1.82, 2.24) is 10.2 Å². The molecule has 0 radical (unpaired) electrons. The van der Waals surface area contributed by atoms with E-state index in [1.54, 1.807) is 0 Å². The van der Waals surface area contributed by atoms with Crippen LogP contribution in [0.5, 0.6) is 0 Å². The smallest absolute Gasteiger partial charge is 0.246 e. The average Bonchev–Trinajstić information content (AvgIpc) is 2.28. The number of nitrogens with zero attached hydrogens (tertiary/aromatic N) is 1. The van der Waals surface area contributed by atoms with Gasteiger partial charge in [-0.2, -0.15) is 0 Å². The van der Waals surface area contributed by atoms with Gasteiger partial charge >= 0.3 is 0 Å². The fourth-order valence-electron chi connectivity index (χ4n) is 2.00. The third-order valence-electron chi connectivity index (χ3n) is 2.83. The highest BCUT2D eigenvalue weighted by molar-refractivity contribution is 6.02. The number of carbonyl (C=O) groups is 3. The highest BCUT2D eigenvalue weighted by Crippen LogP contribution is 2.17. The molecular formula is C10H14N2O4. The second-order valence-electron chi connectivity index (χ2n) is 4.05. The maximum atomic E-state index is 12.0. The topological polar surface area (TPSA) is 75.7 Å². The van der Waals surface area contributed by atoms with Gasteiger partial charge in [-0.3, -0.25) is 19.7 Å². The van der Waals surface area contributed by atoms with Gasteiger partial charge in [0.1, 0.15) is 13.1 Å². The molecule has 16 heavy (non-hydrogen) atoms. The maximum absolute atomic E-state index is 12.0. The van der Waals surface area contributed by atoms with Crippen LogP contribution in [0, 0.1) is 5.92 Å². The molecule has 0 aromatic carbocycles. The first-order chi connectivity index (χ1) is 7.66. The molecule has 2 saturated heterocycles. The fraction of sp³-hybridized carbons (Fsp3) is 0.700. The van der Waals surface area contributed by atoms with Crippen molar-refractivity contribution in [3.8, 4) is 0 Å². The van der Waals surface area contributed by atoms with E-state index in [2.05, 4.69) is 5.32 Å². The lowest BCUT2D eigenvalue weighted by Gasteiger charge is -2.30. The molecule has 2 rings (SSSR count). The number of ether oxygens (including phenoxy) is 1. The van der Waals surface area contributed by atoms with E-state index >= 15 is 0 Å².